The van der Waals surface area contributed by atoms with E-state index in [0.717, 1.165) is 0 Å². The lowest BCUT2D eigenvalue weighted by Crippen LogP contribution is -2.19. The maximum absolute atomic E-state index is 13.5. The fraction of sp³-hybridized carbons (Fsp3) is 0.167. The Kier molecular flexibility index (Phi) is 3.86. The van der Waals surface area contributed by atoms with Crippen molar-refractivity contribution in [3.8, 4) is 0 Å². The Morgan fingerprint density at radius 2 is 1.47 bits per heavy atom. The molecular formula is C12H8F5NS. The minimum atomic E-state index is -2.18. The van der Waals surface area contributed by atoms with Crippen molar-refractivity contribution in [2.24, 2.45) is 5.73 Å². The van der Waals surface area contributed by atoms with E-state index in [4.69, 9.17) is 5.73 Å². The highest BCUT2D eigenvalue weighted by Crippen LogP contribution is 2.29. The van der Waals surface area contributed by atoms with Gasteiger partial charge in [0.1, 0.15) is 0 Å². The zero-order valence-electron chi connectivity index (χ0n) is 9.39. The molecule has 0 bridgehead atoms. The summed E-state index contributed by atoms with van der Waals surface area (Å²) in [4.78, 5) is 0.691. The molecule has 2 aromatic rings. The van der Waals surface area contributed by atoms with Gasteiger partial charge in [-0.25, -0.2) is 22.0 Å². The van der Waals surface area contributed by atoms with Gasteiger partial charge in [-0.3, -0.25) is 0 Å². The maximum Gasteiger partial charge on any atom is 0.200 e. The zero-order chi connectivity index (χ0) is 14.2. The number of benzene rings is 1. The summed E-state index contributed by atoms with van der Waals surface area (Å²) in [6.45, 7) is 0. The molecule has 0 amide bonds. The van der Waals surface area contributed by atoms with Gasteiger partial charge in [0.25, 0.3) is 0 Å². The molecule has 19 heavy (non-hydrogen) atoms. The van der Waals surface area contributed by atoms with Crippen LogP contribution in [0.3, 0.4) is 0 Å². The Balaban J connectivity index is 2.44. The third-order valence-electron chi connectivity index (χ3n) is 2.62. The van der Waals surface area contributed by atoms with Crippen molar-refractivity contribution in [2.45, 2.75) is 12.5 Å². The van der Waals surface area contributed by atoms with Crippen molar-refractivity contribution >= 4 is 11.3 Å². The van der Waals surface area contributed by atoms with Crippen LogP contribution in [0.4, 0.5) is 22.0 Å². The molecule has 0 radical (unpaired) electrons. The average molecular weight is 293 g/mol. The predicted molar refractivity (Wildman–Crippen MR) is 61.2 cm³/mol. The summed E-state index contributed by atoms with van der Waals surface area (Å²) in [7, 11) is 0. The molecule has 0 aliphatic rings. The largest absolute Gasteiger partial charge is 0.323 e. The van der Waals surface area contributed by atoms with Crippen molar-refractivity contribution in [1.29, 1.82) is 0 Å². The fourth-order valence-corrected chi connectivity index (χ4v) is 2.46. The summed E-state index contributed by atoms with van der Waals surface area (Å²) in [5, 5.41) is 1.72. The first-order valence-electron chi connectivity index (χ1n) is 5.22. The number of nitrogens with two attached hydrogens (primary N) is 1. The van der Waals surface area contributed by atoms with E-state index in [1.807, 2.05) is 0 Å². The molecule has 0 aliphatic heterocycles. The smallest absolute Gasteiger partial charge is 0.200 e. The molecule has 7 heteroatoms. The molecule has 2 N–H and O–H groups in total. The normalized spacial score (nSPS) is 12.7. The molecule has 0 saturated heterocycles. The van der Waals surface area contributed by atoms with Gasteiger partial charge in [0.15, 0.2) is 23.3 Å². The lowest BCUT2D eigenvalue weighted by molar-refractivity contribution is 0.364. The van der Waals surface area contributed by atoms with Gasteiger partial charge in [-0.1, -0.05) is 6.07 Å². The van der Waals surface area contributed by atoms with Crippen LogP contribution in [-0.2, 0) is 6.42 Å². The quantitative estimate of drug-likeness (QED) is 0.521. The second kappa shape index (κ2) is 5.26. The summed E-state index contributed by atoms with van der Waals surface area (Å²) in [5.74, 6) is -9.88. The summed E-state index contributed by atoms with van der Waals surface area (Å²) in [5.41, 5.74) is 4.56. The van der Waals surface area contributed by atoms with Gasteiger partial charge in [0.05, 0.1) is 0 Å². The van der Waals surface area contributed by atoms with Crippen LogP contribution >= 0.6 is 11.3 Å². The van der Waals surface area contributed by atoms with E-state index in [-0.39, 0.29) is 6.42 Å². The molecule has 0 fully saturated rings. The van der Waals surface area contributed by atoms with E-state index in [0.29, 0.717) is 4.88 Å². The summed E-state index contributed by atoms with van der Waals surface area (Å²) < 4.78 is 65.9. The highest BCUT2D eigenvalue weighted by Gasteiger charge is 2.28. The van der Waals surface area contributed by atoms with Crippen LogP contribution in [0.5, 0.6) is 0 Å². The number of hydrogen-bond acceptors (Lipinski definition) is 2. The Bertz CT molecular complexity index is 568. The zero-order valence-corrected chi connectivity index (χ0v) is 10.2. The molecule has 0 saturated carbocycles. The molecule has 2 rings (SSSR count). The molecule has 0 aliphatic carbocycles. The molecule has 102 valence electrons. The second-order valence-electron chi connectivity index (χ2n) is 3.87. The molecule has 1 aromatic heterocycles. The first-order valence-corrected chi connectivity index (χ1v) is 6.10. The van der Waals surface area contributed by atoms with Crippen LogP contribution in [-0.4, -0.2) is 0 Å². The molecule has 1 atom stereocenters. The van der Waals surface area contributed by atoms with Gasteiger partial charge in [-0.05, 0) is 11.4 Å². The minimum Gasteiger partial charge on any atom is -0.323 e. The number of halogens is 5. The van der Waals surface area contributed by atoms with Crippen molar-refractivity contribution in [3.63, 3.8) is 0 Å². The average Bonchev–Trinajstić information content (AvgIpc) is 2.87. The highest BCUT2D eigenvalue weighted by atomic mass is 32.1. The molecule has 1 heterocycles. The van der Waals surface area contributed by atoms with E-state index < -0.39 is 40.7 Å². The summed E-state index contributed by atoms with van der Waals surface area (Å²) in [6, 6.07) is 2.06. The Labute approximate surface area is 109 Å². The van der Waals surface area contributed by atoms with Crippen LogP contribution in [0.25, 0.3) is 0 Å². The van der Waals surface area contributed by atoms with Crippen molar-refractivity contribution in [2.75, 3.05) is 0 Å². The van der Waals surface area contributed by atoms with Crippen LogP contribution in [0.15, 0.2) is 17.5 Å². The van der Waals surface area contributed by atoms with E-state index in [1.165, 1.54) is 11.3 Å². The topological polar surface area (TPSA) is 26.0 Å². The lowest BCUT2D eigenvalue weighted by Gasteiger charge is -2.14. The molecule has 1 unspecified atom stereocenters. The van der Waals surface area contributed by atoms with E-state index in [2.05, 4.69) is 0 Å². The van der Waals surface area contributed by atoms with Crippen LogP contribution in [0, 0.1) is 29.1 Å². The van der Waals surface area contributed by atoms with Crippen molar-refractivity contribution < 1.29 is 22.0 Å². The third-order valence-corrected chi connectivity index (χ3v) is 3.51. The molecule has 1 aromatic carbocycles. The predicted octanol–water partition coefficient (Wildman–Crippen LogP) is 3.69. The monoisotopic (exact) mass is 293 g/mol. The lowest BCUT2D eigenvalue weighted by atomic mass is 10.0. The van der Waals surface area contributed by atoms with Gasteiger partial charge in [-0.2, -0.15) is 0 Å². The Morgan fingerprint density at radius 1 is 0.947 bits per heavy atom. The standard InChI is InChI=1S/C12H8F5NS/c13-8-7(6(18)4-5-2-1-3-19-5)9(14)11(16)12(17)10(8)15/h1-3,6H,4,18H2. The first-order chi connectivity index (χ1) is 8.93. The summed E-state index contributed by atoms with van der Waals surface area (Å²) >= 11 is 1.28. The Morgan fingerprint density at radius 3 is 1.95 bits per heavy atom. The van der Waals surface area contributed by atoms with Crippen LogP contribution in [0.2, 0.25) is 0 Å². The van der Waals surface area contributed by atoms with Gasteiger partial charge >= 0.3 is 0 Å². The van der Waals surface area contributed by atoms with Gasteiger partial charge < -0.3 is 5.73 Å². The third kappa shape index (κ3) is 2.48. The van der Waals surface area contributed by atoms with E-state index >= 15 is 0 Å². The van der Waals surface area contributed by atoms with Gasteiger partial charge in [-0.15, -0.1) is 11.3 Å². The fourth-order valence-electron chi connectivity index (χ4n) is 1.69. The van der Waals surface area contributed by atoms with Crippen molar-refractivity contribution in [1.82, 2.24) is 0 Å². The van der Waals surface area contributed by atoms with Crippen LogP contribution < -0.4 is 5.73 Å². The molecule has 1 nitrogen and oxygen atoms in total. The summed E-state index contributed by atoms with van der Waals surface area (Å²) in [6.07, 6.45) is -0.00395. The van der Waals surface area contributed by atoms with Gasteiger partial charge in [0.2, 0.25) is 5.82 Å². The highest BCUT2D eigenvalue weighted by molar-refractivity contribution is 7.09. The van der Waals surface area contributed by atoms with Gasteiger partial charge in [0, 0.05) is 22.9 Å². The Hall–Kier alpha value is -1.47. The van der Waals surface area contributed by atoms with E-state index in [1.54, 1.807) is 17.5 Å². The molecular weight excluding hydrogens is 285 g/mol. The SMILES string of the molecule is NC(Cc1cccs1)c1c(F)c(F)c(F)c(F)c1F. The number of hydrogen-bond donors (Lipinski definition) is 1. The number of thiophene rings is 1. The number of rotatable bonds is 3. The maximum atomic E-state index is 13.5. The second-order valence-corrected chi connectivity index (χ2v) is 4.91. The first kappa shape index (κ1) is 14.0. The van der Waals surface area contributed by atoms with Crippen LogP contribution in [0.1, 0.15) is 16.5 Å². The molecule has 0 spiro atoms. The van der Waals surface area contributed by atoms with Crippen molar-refractivity contribution in [3.05, 3.63) is 57.0 Å². The minimum absolute atomic E-state index is 0.00395. The van der Waals surface area contributed by atoms with E-state index in [9.17, 15) is 22.0 Å².